The minimum atomic E-state index is 0.0159. The van der Waals surface area contributed by atoms with Crippen LogP contribution in [0.2, 0.25) is 0 Å². The quantitative estimate of drug-likeness (QED) is 0.540. The van der Waals surface area contributed by atoms with E-state index >= 15 is 0 Å². The summed E-state index contributed by atoms with van der Waals surface area (Å²) in [5.74, 6) is 1.39. The van der Waals surface area contributed by atoms with Crippen molar-refractivity contribution in [3.63, 3.8) is 0 Å². The smallest absolute Gasteiger partial charge is 0.241 e. The molecule has 2 aromatic carbocycles. The maximum absolute atomic E-state index is 12.8. The predicted molar refractivity (Wildman–Crippen MR) is 123 cm³/mol. The third-order valence-electron chi connectivity index (χ3n) is 5.90. The molecule has 1 aliphatic heterocycles. The van der Waals surface area contributed by atoms with Gasteiger partial charge in [0.15, 0.2) is 0 Å². The first-order valence-electron chi connectivity index (χ1n) is 10.7. The van der Waals surface area contributed by atoms with Crippen LogP contribution < -0.4 is 5.32 Å². The van der Waals surface area contributed by atoms with Gasteiger partial charge in [0, 0.05) is 16.0 Å². The van der Waals surface area contributed by atoms with Crippen LogP contribution >= 0.6 is 15.9 Å². The number of hydrogen-bond donors (Lipinski definition) is 1. The lowest BCUT2D eigenvalue weighted by Gasteiger charge is -2.31. The molecule has 0 aliphatic carbocycles. The van der Waals surface area contributed by atoms with E-state index in [0.717, 1.165) is 36.0 Å². The molecule has 0 bridgehead atoms. The first-order chi connectivity index (χ1) is 15.0. The van der Waals surface area contributed by atoms with Gasteiger partial charge in [-0.15, -0.1) is 0 Å². The van der Waals surface area contributed by atoms with Gasteiger partial charge in [0.25, 0.3) is 0 Å². The number of halogens is 1. The Kier molecular flexibility index (Phi) is 6.83. The van der Waals surface area contributed by atoms with Crippen LogP contribution in [-0.2, 0) is 11.3 Å². The van der Waals surface area contributed by atoms with E-state index in [4.69, 9.17) is 4.52 Å². The van der Waals surface area contributed by atoms with Crippen molar-refractivity contribution in [3.8, 4) is 11.4 Å². The number of carbonyl (C=O) groups excluding carboxylic acids is 1. The fourth-order valence-corrected chi connectivity index (χ4v) is 4.33. The summed E-state index contributed by atoms with van der Waals surface area (Å²) in [4.78, 5) is 19.6. The van der Waals surface area contributed by atoms with E-state index in [2.05, 4.69) is 55.3 Å². The summed E-state index contributed by atoms with van der Waals surface area (Å²) < 4.78 is 6.46. The Morgan fingerprint density at radius 3 is 2.61 bits per heavy atom. The highest BCUT2D eigenvalue weighted by Crippen LogP contribution is 2.23. The molecular weight excluding hydrogens is 456 g/mol. The summed E-state index contributed by atoms with van der Waals surface area (Å²) in [5, 5.41) is 7.30. The van der Waals surface area contributed by atoms with Crippen LogP contribution in [0.3, 0.4) is 0 Å². The minimum Gasteiger partial charge on any atom is -0.349 e. The van der Waals surface area contributed by atoms with Crippen LogP contribution in [0.15, 0.2) is 57.5 Å². The maximum atomic E-state index is 12.8. The van der Waals surface area contributed by atoms with Crippen LogP contribution in [0.25, 0.3) is 11.4 Å². The van der Waals surface area contributed by atoms with E-state index in [9.17, 15) is 4.79 Å². The SMILES string of the molecule is Cc1ccccc1C(C)NC(=O)C1CCN(Cc2nc(-c3ccc(Br)cc3)no2)CC1. The maximum Gasteiger partial charge on any atom is 0.241 e. The molecule has 1 aliphatic rings. The fraction of sp³-hybridized carbons (Fsp3) is 0.375. The van der Waals surface area contributed by atoms with E-state index in [1.54, 1.807) is 0 Å². The first-order valence-corrected chi connectivity index (χ1v) is 11.5. The van der Waals surface area contributed by atoms with Gasteiger partial charge in [-0.05, 0) is 75.2 Å². The third-order valence-corrected chi connectivity index (χ3v) is 6.43. The number of hydrogen-bond acceptors (Lipinski definition) is 5. The summed E-state index contributed by atoms with van der Waals surface area (Å²) in [7, 11) is 0. The molecule has 1 atom stereocenters. The molecule has 4 rings (SSSR count). The molecule has 0 saturated carbocycles. The Bertz CT molecular complexity index is 1030. The topological polar surface area (TPSA) is 71.3 Å². The van der Waals surface area contributed by atoms with Gasteiger partial charge < -0.3 is 9.84 Å². The molecule has 162 valence electrons. The van der Waals surface area contributed by atoms with Crippen molar-refractivity contribution in [2.24, 2.45) is 5.92 Å². The van der Waals surface area contributed by atoms with Crippen molar-refractivity contribution in [1.82, 2.24) is 20.4 Å². The van der Waals surface area contributed by atoms with Crippen molar-refractivity contribution in [2.75, 3.05) is 13.1 Å². The third kappa shape index (κ3) is 5.40. The Morgan fingerprint density at radius 2 is 1.90 bits per heavy atom. The highest BCUT2D eigenvalue weighted by Gasteiger charge is 2.27. The molecule has 1 unspecified atom stereocenters. The number of aryl methyl sites for hydroxylation is 1. The molecule has 7 heteroatoms. The Labute approximate surface area is 191 Å². The average Bonchev–Trinajstić information content (AvgIpc) is 3.23. The molecule has 0 spiro atoms. The second-order valence-corrected chi connectivity index (χ2v) is 9.07. The highest BCUT2D eigenvalue weighted by atomic mass is 79.9. The number of aromatic nitrogens is 2. The zero-order chi connectivity index (χ0) is 21.8. The normalized spacial score (nSPS) is 16.2. The summed E-state index contributed by atoms with van der Waals surface area (Å²) >= 11 is 3.43. The molecule has 1 amide bonds. The average molecular weight is 483 g/mol. The number of benzene rings is 2. The van der Waals surface area contributed by atoms with E-state index < -0.39 is 0 Å². The molecule has 1 aromatic heterocycles. The molecule has 3 aromatic rings. The Morgan fingerprint density at radius 1 is 1.19 bits per heavy atom. The van der Waals surface area contributed by atoms with Crippen LogP contribution in [0.1, 0.15) is 42.8 Å². The Balaban J connectivity index is 1.27. The van der Waals surface area contributed by atoms with Gasteiger partial charge >= 0.3 is 0 Å². The van der Waals surface area contributed by atoms with Gasteiger partial charge in [-0.25, -0.2) is 0 Å². The lowest BCUT2D eigenvalue weighted by atomic mass is 9.94. The summed E-state index contributed by atoms with van der Waals surface area (Å²) in [6, 6.07) is 16.1. The zero-order valence-electron chi connectivity index (χ0n) is 17.8. The van der Waals surface area contributed by atoms with Gasteiger partial charge in [0.05, 0.1) is 12.6 Å². The van der Waals surface area contributed by atoms with E-state index in [0.29, 0.717) is 18.3 Å². The number of carbonyl (C=O) groups is 1. The summed E-state index contributed by atoms with van der Waals surface area (Å²) in [5.41, 5.74) is 3.30. The second-order valence-electron chi connectivity index (χ2n) is 8.16. The van der Waals surface area contributed by atoms with Crippen LogP contribution in [0, 0.1) is 12.8 Å². The summed E-state index contributed by atoms with van der Waals surface area (Å²) in [6.07, 6.45) is 1.67. The van der Waals surface area contributed by atoms with Crippen LogP contribution in [0.5, 0.6) is 0 Å². The number of amides is 1. The van der Waals surface area contributed by atoms with Crippen molar-refractivity contribution >= 4 is 21.8 Å². The number of likely N-dealkylation sites (tertiary alicyclic amines) is 1. The van der Waals surface area contributed by atoms with Crippen molar-refractivity contribution in [1.29, 1.82) is 0 Å². The lowest BCUT2D eigenvalue weighted by Crippen LogP contribution is -2.41. The first kappa shape index (κ1) is 21.7. The van der Waals surface area contributed by atoms with E-state index in [-0.39, 0.29) is 17.9 Å². The number of nitrogens with zero attached hydrogens (tertiary/aromatic N) is 3. The monoisotopic (exact) mass is 482 g/mol. The van der Waals surface area contributed by atoms with E-state index in [1.807, 2.05) is 43.3 Å². The zero-order valence-corrected chi connectivity index (χ0v) is 19.4. The standard InChI is InChI=1S/C24H27BrN4O2/c1-16-5-3-4-6-21(16)17(2)26-24(30)19-11-13-29(14-12-19)15-22-27-23(28-31-22)18-7-9-20(25)10-8-18/h3-10,17,19H,11-15H2,1-2H3,(H,26,30). The van der Waals surface area contributed by atoms with Crippen molar-refractivity contribution in [2.45, 2.75) is 39.3 Å². The molecule has 0 radical (unpaired) electrons. The van der Waals surface area contributed by atoms with Gasteiger partial charge in [-0.1, -0.05) is 45.4 Å². The van der Waals surface area contributed by atoms with Crippen LogP contribution in [0.4, 0.5) is 0 Å². The van der Waals surface area contributed by atoms with Gasteiger partial charge in [-0.2, -0.15) is 4.98 Å². The Hall–Kier alpha value is -2.51. The molecule has 31 heavy (non-hydrogen) atoms. The molecule has 2 heterocycles. The molecule has 1 N–H and O–H groups in total. The second kappa shape index (κ2) is 9.75. The van der Waals surface area contributed by atoms with Gasteiger partial charge in [-0.3, -0.25) is 9.69 Å². The highest BCUT2D eigenvalue weighted by molar-refractivity contribution is 9.10. The number of rotatable bonds is 6. The molecule has 1 saturated heterocycles. The fourth-order valence-electron chi connectivity index (χ4n) is 4.06. The van der Waals surface area contributed by atoms with Crippen molar-refractivity contribution in [3.05, 3.63) is 70.0 Å². The van der Waals surface area contributed by atoms with E-state index in [1.165, 1.54) is 11.1 Å². The van der Waals surface area contributed by atoms with Crippen molar-refractivity contribution < 1.29 is 9.32 Å². The summed E-state index contributed by atoms with van der Waals surface area (Å²) in [6.45, 7) is 6.42. The molecular formula is C24H27BrN4O2. The van der Waals surface area contributed by atoms with Crippen LogP contribution in [-0.4, -0.2) is 34.0 Å². The molecule has 6 nitrogen and oxygen atoms in total. The lowest BCUT2D eigenvalue weighted by molar-refractivity contribution is -0.127. The largest absolute Gasteiger partial charge is 0.349 e. The predicted octanol–water partition coefficient (Wildman–Crippen LogP) is 4.90. The number of piperidine rings is 1. The molecule has 1 fully saturated rings. The minimum absolute atomic E-state index is 0.0159. The van der Waals surface area contributed by atoms with Gasteiger partial charge in [0.1, 0.15) is 0 Å². The number of nitrogens with one attached hydrogen (secondary N) is 1. The van der Waals surface area contributed by atoms with Gasteiger partial charge in [0.2, 0.25) is 17.6 Å².